The highest BCUT2D eigenvalue weighted by molar-refractivity contribution is 5.98. The zero-order chi connectivity index (χ0) is 13.1. The summed E-state index contributed by atoms with van der Waals surface area (Å²) in [5, 5.41) is 7.84. The van der Waals surface area contributed by atoms with Crippen LogP contribution >= 0.6 is 0 Å². The Morgan fingerprint density at radius 3 is 2.84 bits per heavy atom. The van der Waals surface area contributed by atoms with E-state index in [1.807, 2.05) is 30.3 Å². The van der Waals surface area contributed by atoms with Gasteiger partial charge in [-0.15, -0.1) is 5.10 Å². The summed E-state index contributed by atoms with van der Waals surface area (Å²) in [6.07, 6.45) is 3.99. The van der Waals surface area contributed by atoms with Crippen molar-refractivity contribution in [1.29, 1.82) is 0 Å². The fourth-order valence-corrected chi connectivity index (χ4v) is 2.28. The van der Waals surface area contributed by atoms with E-state index in [2.05, 4.69) is 10.3 Å². The van der Waals surface area contributed by atoms with Gasteiger partial charge >= 0.3 is 0 Å². The first-order valence-electron chi connectivity index (χ1n) is 6.48. The van der Waals surface area contributed by atoms with Crippen LogP contribution in [0.2, 0.25) is 0 Å². The van der Waals surface area contributed by atoms with Gasteiger partial charge in [-0.05, 0) is 31.4 Å². The summed E-state index contributed by atoms with van der Waals surface area (Å²) in [5.41, 5.74) is 1.32. The molecule has 19 heavy (non-hydrogen) atoms. The first-order valence-corrected chi connectivity index (χ1v) is 6.48. The Kier molecular flexibility index (Phi) is 3.37. The Balaban J connectivity index is 1.89. The van der Waals surface area contributed by atoms with Gasteiger partial charge in [-0.25, -0.2) is 4.68 Å². The van der Waals surface area contributed by atoms with Crippen LogP contribution in [0.5, 0.6) is 0 Å². The number of rotatable bonds is 3. The molecule has 1 saturated heterocycles. The zero-order valence-electron chi connectivity index (χ0n) is 10.5. The molecule has 0 N–H and O–H groups in total. The second-order valence-corrected chi connectivity index (χ2v) is 4.59. The molecule has 1 atom stereocenters. The van der Waals surface area contributed by atoms with E-state index in [9.17, 15) is 4.79 Å². The number of Topliss-reactive ketones (excluding diaryl/α,β-unsaturated/α-hetero) is 1. The molecule has 1 aromatic carbocycles. The molecule has 5 heteroatoms. The van der Waals surface area contributed by atoms with Crippen LogP contribution in [0.3, 0.4) is 0 Å². The third-order valence-electron chi connectivity index (χ3n) is 3.27. The lowest BCUT2D eigenvalue weighted by molar-refractivity contribution is 0.0181. The van der Waals surface area contributed by atoms with Crippen molar-refractivity contribution in [3.05, 3.63) is 42.2 Å². The molecule has 1 aromatic heterocycles. The molecule has 2 aromatic rings. The Morgan fingerprint density at radius 2 is 2.11 bits per heavy atom. The van der Waals surface area contributed by atoms with Crippen LogP contribution in [-0.4, -0.2) is 33.5 Å². The lowest BCUT2D eigenvalue weighted by atomic mass is 10.0. The molecule has 0 saturated carbocycles. The van der Waals surface area contributed by atoms with Gasteiger partial charge in [0, 0.05) is 6.61 Å². The molecule has 0 bridgehead atoms. The number of aromatic nitrogens is 3. The molecule has 3 rings (SSSR count). The summed E-state index contributed by atoms with van der Waals surface area (Å²) in [6, 6.07) is 9.53. The minimum Gasteiger partial charge on any atom is -0.370 e. The maximum absolute atomic E-state index is 12.4. The predicted octanol–water partition coefficient (Wildman–Crippen LogP) is 2.02. The number of ketones is 1. The lowest BCUT2D eigenvalue weighted by Gasteiger charge is -2.21. The number of carbonyl (C=O) groups excluding carboxylic acids is 1. The van der Waals surface area contributed by atoms with E-state index in [-0.39, 0.29) is 11.9 Å². The quantitative estimate of drug-likeness (QED) is 0.789. The number of ether oxygens (including phenoxy) is 1. The minimum atomic E-state index is -0.352. The van der Waals surface area contributed by atoms with Crippen LogP contribution in [0.1, 0.15) is 29.8 Å². The highest BCUT2D eigenvalue weighted by Gasteiger charge is 2.26. The molecule has 1 fully saturated rings. The molecule has 0 aliphatic carbocycles. The topological polar surface area (TPSA) is 57.0 Å². The summed E-state index contributed by atoms with van der Waals surface area (Å²) < 4.78 is 7.11. The number of hydrogen-bond acceptors (Lipinski definition) is 4. The second-order valence-electron chi connectivity index (χ2n) is 4.59. The van der Waals surface area contributed by atoms with Crippen LogP contribution in [0.25, 0.3) is 5.69 Å². The maximum atomic E-state index is 12.4. The number of nitrogens with zero attached hydrogens (tertiary/aromatic N) is 3. The van der Waals surface area contributed by atoms with Crippen molar-refractivity contribution < 1.29 is 9.53 Å². The van der Waals surface area contributed by atoms with Gasteiger partial charge in [-0.2, -0.15) is 0 Å². The maximum Gasteiger partial charge on any atom is 0.211 e. The van der Waals surface area contributed by atoms with Crippen molar-refractivity contribution in [1.82, 2.24) is 15.0 Å². The van der Waals surface area contributed by atoms with Gasteiger partial charge in [0.05, 0.1) is 11.9 Å². The lowest BCUT2D eigenvalue weighted by Crippen LogP contribution is -2.29. The van der Waals surface area contributed by atoms with E-state index < -0.39 is 0 Å². The number of carbonyl (C=O) groups is 1. The first-order chi connectivity index (χ1) is 9.36. The monoisotopic (exact) mass is 257 g/mol. The van der Waals surface area contributed by atoms with Crippen molar-refractivity contribution in [3.63, 3.8) is 0 Å². The molecule has 0 spiro atoms. The summed E-state index contributed by atoms with van der Waals surface area (Å²) in [7, 11) is 0. The van der Waals surface area contributed by atoms with Crippen molar-refractivity contribution in [2.45, 2.75) is 25.4 Å². The van der Waals surface area contributed by atoms with Crippen LogP contribution in [0.15, 0.2) is 36.5 Å². The van der Waals surface area contributed by atoms with Crippen molar-refractivity contribution in [3.8, 4) is 5.69 Å². The van der Waals surface area contributed by atoms with Gasteiger partial charge in [0.25, 0.3) is 0 Å². The molecule has 2 heterocycles. The van der Waals surface area contributed by atoms with Gasteiger partial charge < -0.3 is 4.74 Å². The van der Waals surface area contributed by atoms with Gasteiger partial charge in [0.1, 0.15) is 11.8 Å². The smallest absolute Gasteiger partial charge is 0.211 e. The van der Waals surface area contributed by atoms with E-state index in [0.29, 0.717) is 12.3 Å². The number of hydrogen-bond donors (Lipinski definition) is 0. The van der Waals surface area contributed by atoms with Gasteiger partial charge in [0.15, 0.2) is 0 Å². The number of benzene rings is 1. The fraction of sp³-hybridized carbons (Fsp3) is 0.357. The molecule has 1 aliphatic rings. The van der Waals surface area contributed by atoms with E-state index in [1.165, 1.54) is 6.20 Å². The van der Waals surface area contributed by atoms with Crippen LogP contribution in [0, 0.1) is 0 Å². The largest absolute Gasteiger partial charge is 0.370 e. The Bertz CT molecular complexity index is 559. The summed E-state index contributed by atoms with van der Waals surface area (Å²) in [4.78, 5) is 12.4. The average molecular weight is 257 g/mol. The van der Waals surface area contributed by atoms with E-state index >= 15 is 0 Å². The van der Waals surface area contributed by atoms with Gasteiger partial charge in [-0.3, -0.25) is 4.79 Å². The second kappa shape index (κ2) is 5.32. The third kappa shape index (κ3) is 2.42. The van der Waals surface area contributed by atoms with Crippen LogP contribution in [-0.2, 0) is 4.74 Å². The average Bonchev–Trinajstić information content (AvgIpc) is 2.98. The van der Waals surface area contributed by atoms with Crippen molar-refractivity contribution >= 4 is 5.78 Å². The van der Waals surface area contributed by atoms with Crippen LogP contribution < -0.4 is 0 Å². The zero-order valence-corrected chi connectivity index (χ0v) is 10.5. The number of para-hydroxylation sites is 1. The standard InChI is InChI=1S/C14H15N3O2/c18-14(13-8-4-5-9-19-13)12-10-15-16-17(12)11-6-2-1-3-7-11/h1-3,6-7,10,13H,4-5,8-9H2. The molecule has 98 valence electrons. The van der Waals surface area contributed by atoms with Crippen molar-refractivity contribution in [2.75, 3.05) is 6.61 Å². The Labute approximate surface area is 111 Å². The van der Waals surface area contributed by atoms with E-state index in [1.54, 1.807) is 4.68 Å². The minimum absolute atomic E-state index is 0.0337. The van der Waals surface area contributed by atoms with Gasteiger partial charge in [-0.1, -0.05) is 23.4 Å². The molecule has 1 aliphatic heterocycles. The summed E-state index contributed by atoms with van der Waals surface area (Å²) in [5.74, 6) is -0.0337. The summed E-state index contributed by atoms with van der Waals surface area (Å²) in [6.45, 7) is 0.656. The first kappa shape index (κ1) is 12.0. The Morgan fingerprint density at radius 1 is 1.26 bits per heavy atom. The predicted molar refractivity (Wildman–Crippen MR) is 69.3 cm³/mol. The molecular formula is C14H15N3O2. The molecule has 0 amide bonds. The van der Waals surface area contributed by atoms with Gasteiger partial charge in [0.2, 0.25) is 5.78 Å². The Hall–Kier alpha value is -2.01. The molecule has 1 unspecified atom stereocenters. The third-order valence-corrected chi connectivity index (χ3v) is 3.27. The normalized spacial score (nSPS) is 19.3. The van der Waals surface area contributed by atoms with Crippen LogP contribution in [0.4, 0.5) is 0 Å². The fourth-order valence-electron chi connectivity index (χ4n) is 2.28. The summed E-state index contributed by atoms with van der Waals surface area (Å²) >= 11 is 0. The highest BCUT2D eigenvalue weighted by Crippen LogP contribution is 2.18. The van der Waals surface area contributed by atoms with Crippen molar-refractivity contribution in [2.24, 2.45) is 0 Å². The molecule has 0 radical (unpaired) electrons. The van der Waals surface area contributed by atoms with E-state index in [4.69, 9.17) is 4.74 Å². The molecule has 5 nitrogen and oxygen atoms in total. The van der Waals surface area contributed by atoms with E-state index in [0.717, 1.165) is 24.9 Å². The molecular weight excluding hydrogens is 242 g/mol. The highest BCUT2D eigenvalue weighted by atomic mass is 16.5. The SMILES string of the molecule is O=C(c1cnnn1-c1ccccc1)C1CCCCO1.